The fourth-order valence-corrected chi connectivity index (χ4v) is 3.61. The van der Waals surface area contributed by atoms with Gasteiger partial charge in [-0.15, -0.1) is 0 Å². The number of hydrogen-bond acceptors (Lipinski definition) is 9. The number of aryl methyl sites for hydroxylation is 1. The minimum Gasteiger partial charge on any atom is -0.504 e. The second-order valence-electron chi connectivity index (χ2n) is 8.68. The van der Waals surface area contributed by atoms with Crippen LogP contribution in [0, 0.1) is 6.92 Å². The van der Waals surface area contributed by atoms with E-state index in [9.17, 15) is 29.4 Å². The Morgan fingerprint density at radius 3 is 2.05 bits per heavy atom. The maximum absolute atomic E-state index is 12.6. The molecule has 2 rings (SSSR count). The van der Waals surface area contributed by atoms with E-state index in [2.05, 4.69) is 31.1 Å². The number of H-pyrrole nitrogens is 1. The van der Waals surface area contributed by atoms with Gasteiger partial charge in [-0.1, -0.05) is 34.6 Å². The summed E-state index contributed by atoms with van der Waals surface area (Å²) in [4.78, 5) is 55.6. The summed E-state index contributed by atoms with van der Waals surface area (Å²) in [6.45, 7) is 14.4. The monoisotopic (exact) mass is 578 g/mol. The van der Waals surface area contributed by atoms with E-state index in [4.69, 9.17) is 5.90 Å². The van der Waals surface area contributed by atoms with Crippen molar-refractivity contribution < 1.29 is 29.4 Å². The normalized spacial score (nSPS) is 11.4. The van der Waals surface area contributed by atoms with Crippen molar-refractivity contribution in [3.05, 3.63) is 50.9 Å². The molecule has 1 aromatic carbocycles. The average Bonchev–Trinajstić information content (AvgIpc) is 2.98. The molecule has 1 heterocycles. The molecule has 0 radical (unpaired) electrons. The molecule has 13 nitrogen and oxygen atoms in total. The van der Waals surface area contributed by atoms with Gasteiger partial charge in [0.25, 0.3) is 23.3 Å². The topological polar surface area (TPSA) is 208 Å². The number of amides is 3. The van der Waals surface area contributed by atoms with Gasteiger partial charge in [0.05, 0.1) is 16.7 Å². The number of aromatic amines is 1. The van der Waals surface area contributed by atoms with Gasteiger partial charge in [-0.2, -0.15) is 5.90 Å². The highest BCUT2D eigenvalue weighted by atomic mass is 16.6. The molecule has 13 heteroatoms. The Hall–Kier alpha value is -4.10. The van der Waals surface area contributed by atoms with E-state index in [0.717, 1.165) is 0 Å². The van der Waals surface area contributed by atoms with Gasteiger partial charge in [-0.25, -0.2) is 0 Å². The Kier molecular flexibility index (Phi) is 16.5. The fourth-order valence-electron chi connectivity index (χ4n) is 3.61. The first-order valence-corrected chi connectivity index (χ1v) is 13.7. The van der Waals surface area contributed by atoms with Gasteiger partial charge in [0, 0.05) is 37.9 Å². The molecule has 3 amide bonds. The molecule has 41 heavy (non-hydrogen) atoms. The molecule has 0 bridgehead atoms. The molecule has 0 fully saturated rings. The number of aromatic nitrogens is 1. The lowest BCUT2D eigenvalue weighted by molar-refractivity contribution is 0.0934. The van der Waals surface area contributed by atoms with Crippen molar-refractivity contribution in [1.82, 2.24) is 26.3 Å². The van der Waals surface area contributed by atoms with Crippen LogP contribution in [-0.2, 0) is 0 Å². The molecule has 1 atom stereocenters. The molecule has 0 saturated carbocycles. The van der Waals surface area contributed by atoms with Gasteiger partial charge < -0.3 is 41.3 Å². The maximum Gasteiger partial charge on any atom is 0.291 e. The highest BCUT2D eigenvalue weighted by Crippen LogP contribution is 2.33. The molecule has 0 saturated heterocycles. The number of carbonyl (C=O) groups excluding carboxylic acids is 3. The standard InChI is InChI=1S/C24H34N6O7.2C2H6/c1-5-24(3,8-9-27-22(35)16-12-13(2)30-23(36)18(16)32)29-11-10-28-21(34)15-7-6-14(20(33)26-4)17(31)19(15)37-25;2*1-2/h6-7,12,29,31-32H,5,8-11,25H2,1-4H3,(H,26,33)(H,27,35)(H,28,34)(H,30,36);2*1-2H3. The van der Waals surface area contributed by atoms with Crippen LogP contribution in [0.25, 0.3) is 0 Å². The fraction of sp³-hybridized carbons (Fsp3) is 0.500. The number of phenolic OH excluding ortho intramolecular Hbond substituents is 1. The number of pyridine rings is 1. The Labute approximate surface area is 241 Å². The number of aromatic hydroxyl groups is 2. The smallest absolute Gasteiger partial charge is 0.291 e. The molecule has 9 N–H and O–H groups in total. The van der Waals surface area contributed by atoms with E-state index in [1.54, 1.807) is 6.92 Å². The van der Waals surface area contributed by atoms with Crippen LogP contribution in [0.15, 0.2) is 23.0 Å². The number of carbonyl (C=O) groups is 3. The summed E-state index contributed by atoms with van der Waals surface area (Å²) in [5.41, 5.74) is -0.871. The predicted molar refractivity (Wildman–Crippen MR) is 158 cm³/mol. The zero-order valence-corrected chi connectivity index (χ0v) is 25.3. The summed E-state index contributed by atoms with van der Waals surface area (Å²) in [6, 6.07) is 4.02. The SMILES string of the molecule is CC.CC.CCC(C)(CCNC(=O)c1cc(C)[nH]c(=O)c1O)NCCNC(=O)c1ccc(C(=O)NC)c(O)c1ON. The molecule has 1 aromatic heterocycles. The van der Waals surface area contributed by atoms with E-state index in [0.29, 0.717) is 25.1 Å². The lowest BCUT2D eigenvalue weighted by Crippen LogP contribution is -2.47. The van der Waals surface area contributed by atoms with Crippen molar-refractivity contribution in [1.29, 1.82) is 0 Å². The van der Waals surface area contributed by atoms with Gasteiger partial charge in [0.15, 0.2) is 11.5 Å². The summed E-state index contributed by atoms with van der Waals surface area (Å²) in [6.07, 6.45) is 1.25. The summed E-state index contributed by atoms with van der Waals surface area (Å²) in [5, 5.41) is 31.2. The minimum atomic E-state index is -0.727. The van der Waals surface area contributed by atoms with Gasteiger partial charge in [-0.3, -0.25) is 19.2 Å². The molecule has 0 aliphatic heterocycles. The number of nitrogens with one attached hydrogen (secondary N) is 5. The number of hydrogen-bond donors (Lipinski definition) is 8. The van der Waals surface area contributed by atoms with E-state index < -0.39 is 34.8 Å². The van der Waals surface area contributed by atoms with Crippen molar-refractivity contribution in [2.45, 2.75) is 66.8 Å². The van der Waals surface area contributed by atoms with Crippen molar-refractivity contribution in [3.8, 4) is 17.2 Å². The number of nitrogens with two attached hydrogens (primary N) is 1. The molecule has 0 aliphatic carbocycles. The van der Waals surface area contributed by atoms with Crippen molar-refractivity contribution in [2.75, 3.05) is 26.7 Å². The van der Waals surface area contributed by atoms with Crippen LogP contribution in [0.2, 0.25) is 0 Å². The summed E-state index contributed by atoms with van der Waals surface area (Å²) in [5.74, 6) is 2.05. The summed E-state index contributed by atoms with van der Waals surface area (Å²) < 4.78 is 0. The van der Waals surface area contributed by atoms with Crippen molar-refractivity contribution >= 4 is 17.7 Å². The lowest BCUT2D eigenvalue weighted by Gasteiger charge is -2.30. The van der Waals surface area contributed by atoms with Gasteiger partial charge in [-0.05, 0) is 44.9 Å². The first-order chi connectivity index (χ1) is 19.5. The van der Waals surface area contributed by atoms with E-state index >= 15 is 0 Å². The highest BCUT2D eigenvalue weighted by Gasteiger charge is 2.24. The molecule has 2 aromatic rings. The molecule has 0 aliphatic rings. The number of rotatable bonds is 12. The number of benzene rings is 1. The Morgan fingerprint density at radius 1 is 0.927 bits per heavy atom. The zero-order valence-electron chi connectivity index (χ0n) is 25.3. The quantitative estimate of drug-likeness (QED) is 0.137. The first kappa shape index (κ1) is 36.9. The van der Waals surface area contributed by atoms with Crippen LogP contribution in [0.4, 0.5) is 0 Å². The summed E-state index contributed by atoms with van der Waals surface area (Å²) >= 11 is 0. The predicted octanol–water partition coefficient (Wildman–Crippen LogP) is 2.07. The maximum atomic E-state index is 12.6. The molecular weight excluding hydrogens is 532 g/mol. The van der Waals surface area contributed by atoms with Crippen LogP contribution >= 0.6 is 0 Å². The van der Waals surface area contributed by atoms with Crippen LogP contribution in [0.1, 0.15) is 91.2 Å². The third-order valence-electron chi connectivity index (χ3n) is 6.06. The van der Waals surface area contributed by atoms with E-state index in [-0.39, 0.29) is 41.1 Å². The van der Waals surface area contributed by atoms with Crippen LogP contribution < -0.4 is 37.6 Å². The molecule has 230 valence electrons. The van der Waals surface area contributed by atoms with E-state index in [1.807, 2.05) is 41.5 Å². The van der Waals surface area contributed by atoms with Gasteiger partial charge >= 0.3 is 0 Å². The molecular formula is C28H46N6O7. The van der Waals surface area contributed by atoms with Crippen molar-refractivity contribution in [3.63, 3.8) is 0 Å². The van der Waals surface area contributed by atoms with Crippen LogP contribution in [0.3, 0.4) is 0 Å². The number of phenols is 1. The molecule has 0 spiro atoms. The Bertz CT molecular complexity index is 1220. The average molecular weight is 579 g/mol. The molecule has 1 unspecified atom stereocenters. The Balaban J connectivity index is 0.00000382. The third-order valence-corrected chi connectivity index (χ3v) is 6.06. The minimum absolute atomic E-state index is 0.0353. The van der Waals surface area contributed by atoms with Gasteiger partial charge in [0.1, 0.15) is 0 Å². The van der Waals surface area contributed by atoms with Gasteiger partial charge in [0.2, 0.25) is 5.75 Å². The van der Waals surface area contributed by atoms with Crippen molar-refractivity contribution in [2.24, 2.45) is 5.90 Å². The first-order valence-electron chi connectivity index (χ1n) is 13.7. The third kappa shape index (κ3) is 10.4. The van der Waals surface area contributed by atoms with Crippen LogP contribution in [0.5, 0.6) is 17.2 Å². The van der Waals surface area contributed by atoms with Crippen LogP contribution in [-0.4, -0.2) is 65.1 Å². The zero-order chi connectivity index (χ0) is 31.8. The largest absolute Gasteiger partial charge is 0.504 e. The second-order valence-corrected chi connectivity index (χ2v) is 8.68. The Morgan fingerprint density at radius 2 is 1.49 bits per heavy atom. The second kappa shape index (κ2) is 18.3. The van der Waals surface area contributed by atoms with E-state index in [1.165, 1.54) is 25.2 Å². The lowest BCUT2D eigenvalue weighted by atomic mass is 9.94. The summed E-state index contributed by atoms with van der Waals surface area (Å²) in [7, 11) is 1.40. The highest BCUT2D eigenvalue weighted by molar-refractivity contribution is 6.03.